The van der Waals surface area contributed by atoms with Crippen molar-refractivity contribution >= 4 is 23.7 Å². The Morgan fingerprint density at radius 2 is 1.35 bits per heavy atom. The van der Waals surface area contributed by atoms with E-state index in [-0.39, 0.29) is 5.76 Å². The molecule has 0 saturated carbocycles. The SMILES string of the molecule is O=C(/C=C/c1ccccc1)C(C(=O)/C=C/c1ccccc1)[C@H](C[N+](=O)[O-])c1ccco1. The van der Waals surface area contributed by atoms with Gasteiger partial charge in [0.25, 0.3) is 0 Å². The lowest BCUT2D eigenvalue weighted by Crippen LogP contribution is -2.32. The van der Waals surface area contributed by atoms with Crippen molar-refractivity contribution in [2.24, 2.45) is 5.92 Å². The van der Waals surface area contributed by atoms with Gasteiger partial charge in [0.1, 0.15) is 11.7 Å². The molecule has 1 atom stereocenters. The Morgan fingerprint density at radius 1 is 0.839 bits per heavy atom. The Bertz CT molecular complexity index is 1010. The third-order valence-corrected chi connectivity index (χ3v) is 4.75. The number of carbonyl (C=O) groups is 2. The number of hydrogen-bond donors (Lipinski definition) is 0. The highest BCUT2D eigenvalue weighted by atomic mass is 16.6. The molecule has 156 valence electrons. The predicted octanol–water partition coefficient (Wildman–Crippen LogP) is 4.82. The van der Waals surface area contributed by atoms with Crippen LogP contribution in [0, 0.1) is 16.0 Å². The lowest BCUT2D eigenvalue weighted by Gasteiger charge is -2.18. The van der Waals surface area contributed by atoms with Crippen molar-refractivity contribution < 1.29 is 18.9 Å². The fourth-order valence-electron chi connectivity index (χ4n) is 3.25. The molecule has 3 aromatic rings. The van der Waals surface area contributed by atoms with Crippen LogP contribution in [0.1, 0.15) is 22.8 Å². The lowest BCUT2D eigenvalue weighted by atomic mass is 9.82. The van der Waals surface area contributed by atoms with E-state index in [0.717, 1.165) is 11.1 Å². The van der Waals surface area contributed by atoms with E-state index in [9.17, 15) is 19.7 Å². The molecule has 1 aromatic heterocycles. The summed E-state index contributed by atoms with van der Waals surface area (Å²) >= 11 is 0. The minimum atomic E-state index is -1.28. The molecule has 6 heteroatoms. The second kappa shape index (κ2) is 10.6. The largest absolute Gasteiger partial charge is 0.469 e. The number of ketones is 2. The summed E-state index contributed by atoms with van der Waals surface area (Å²) in [5, 5.41) is 11.3. The van der Waals surface area contributed by atoms with Crippen molar-refractivity contribution in [2.45, 2.75) is 5.92 Å². The first-order valence-electron chi connectivity index (χ1n) is 9.74. The van der Waals surface area contributed by atoms with Crippen LogP contribution < -0.4 is 0 Å². The van der Waals surface area contributed by atoms with Crippen molar-refractivity contribution in [3.05, 3.63) is 118 Å². The molecule has 2 aromatic carbocycles. The van der Waals surface area contributed by atoms with Crippen LogP contribution in [0.25, 0.3) is 12.2 Å². The highest BCUT2D eigenvalue weighted by molar-refractivity contribution is 6.14. The molecule has 0 bridgehead atoms. The van der Waals surface area contributed by atoms with E-state index < -0.39 is 34.9 Å². The van der Waals surface area contributed by atoms with E-state index in [4.69, 9.17) is 4.42 Å². The second-order valence-electron chi connectivity index (χ2n) is 6.91. The maximum atomic E-state index is 13.1. The molecule has 0 fully saturated rings. The van der Waals surface area contributed by atoms with E-state index in [1.165, 1.54) is 18.4 Å². The number of allylic oxidation sites excluding steroid dienone is 2. The standard InChI is InChI=1S/C25H21NO5/c27-22(15-13-19-8-3-1-4-9-19)25(21(18-26(29)30)24-12-7-17-31-24)23(28)16-14-20-10-5-2-6-11-20/h1-17,21,25H,18H2/b15-13+,16-14+/t21-/m1/s1. The van der Waals surface area contributed by atoms with Gasteiger partial charge in [-0.25, -0.2) is 0 Å². The first kappa shape index (κ1) is 21.6. The highest BCUT2D eigenvalue weighted by Crippen LogP contribution is 2.29. The van der Waals surface area contributed by atoms with Gasteiger partial charge in [-0.05, 0) is 35.4 Å². The Kier molecular flexibility index (Phi) is 7.43. The Balaban J connectivity index is 1.94. The number of nitrogens with zero attached hydrogens (tertiary/aromatic N) is 1. The highest BCUT2D eigenvalue weighted by Gasteiger charge is 2.38. The van der Waals surface area contributed by atoms with Gasteiger partial charge >= 0.3 is 0 Å². The fraction of sp³-hybridized carbons (Fsp3) is 0.120. The number of hydrogen-bond acceptors (Lipinski definition) is 5. The van der Waals surface area contributed by atoms with E-state index in [1.807, 2.05) is 60.7 Å². The molecule has 3 rings (SSSR count). The van der Waals surface area contributed by atoms with Crippen LogP contribution in [0.4, 0.5) is 0 Å². The zero-order chi connectivity index (χ0) is 22.1. The summed E-state index contributed by atoms with van der Waals surface area (Å²) < 4.78 is 5.35. The summed E-state index contributed by atoms with van der Waals surface area (Å²) in [5.74, 6) is -3.11. The topological polar surface area (TPSA) is 90.4 Å². The molecular weight excluding hydrogens is 394 g/mol. The Hall–Kier alpha value is -4.06. The molecular formula is C25H21NO5. The molecule has 0 aliphatic rings. The monoisotopic (exact) mass is 415 g/mol. The molecule has 0 aliphatic heterocycles. The molecule has 0 spiro atoms. The smallest absolute Gasteiger partial charge is 0.214 e. The van der Waals surface area contributed by atoms with E-state index in [2.05, 4.69) is 0 Å². The summed E-state index contributed by atoms with van der Waals surface area (Å²) in [4.78, 5) is 36.9. The third-order valence-electron chi connectivity index (χ3n) is 4.75. The number of rotatable bonds is 10. The van der Waals surface area contributed by atoms with Crippen LogP contribution >= 0.6 is 0 Å². The predicted molar refractivity (Wildman–Crippen MR) is 118 cm³/mol. The van der Waals surface area contributed by atoms with Gasteiger partial charge in [-0.15, -0.1) is 0 Å². The minimum absolute atomic E-state index is 0.227. The number of benzene rings is 2. The van der Waals surface area contributed by atoms with Crippen molar-refractivity contribution in [3.63, 3.8) is 0 Å². The van der Waals surface area contributed by atoms with Gasteiger partial charge in [0.05, 0.1) is 12.2 Å². The van der Waals surface area contributed by atoms with Gasteiger partial charge in [-0.3, -0.25) is 19.7 Å². The maximum Gasteiger partial charge on any atom is 0.214 e. The molecule has 0 unspecified atom stereocenters. The third kappa shape index (κ3) is 6.21. The van der Waals surface area contributed by atoms with E-state index in [1.54, 1.807) is 24.3 Å². The van der Waals surface area contributed by atoms with E-state index >= 15 is 0 Å². The van der Waals surface area contributed by atoms with Crippen LogP contribution in [0.2, 0.25) is 0 Å². The van der Waals surface area contributed by atoms with Gasteiger partial charge in [0.15, 0.2) is 11.6 Å². The molecule has 6 nitrogen and oxygen atoms in total. The Morgan fingerprint density at radius 3 is 1.77 bits per heavy atom. The zero-order valence-electron chi connectivity index (χ0n) is 16.7. The number of furan rings is 1. The van der Waals surface area contributed by atoms with Gasteiger partial charge in [-0.2, -0.15) is 0 Å². The van der Waals surface area contributed by atoms with Crippen molar-refractivity contribution in [2.75, 3.05) is 6.54 Å². The zero-order valence-corrected chi connectivity index (χ0v) is 16.7. The van der Waals surface area contributed by atoms with Gasteiger partial charge in [0.2, 0.25) is 6.54 Å². The normalized spacial score (nSPS) is 12.4. The first-order valence-corrected chi connectivity index (χ1v) is 9.74. The van der Waals surface area contributed by atoms with Crippen molar-refractivity contribution in [3.8, 4) is 0 Å². The van der Waals surface area contributed by atoms with Crippen LogP contribution in [0.5, 0.6) is 0 Å². The maximum absolute atomic E-state index is 13.1. The van der Waals surface area contributed by atoms with Gasteiger partial charge in [0, 0.05) is 4.92 Å². The molecule has 0 amide bonds. The second-order valence-corrected chi connectivity index (χ2v) is 6.91. The summed E-state index contributed by atoms with van der Waals surface area (Å²) in [6, 6.07) is 21.4. The molecule has 0 N–H and O–H groups in total. The molecule has 0 radical (unpaired) electrons. The molecule has 31 heavy (non-hydrogen) atoms. The van der Waals surface area contributed by atoms with Crippen molar-refractivity contribution in [1.29, 1.82) is 0 Å². The van der Waals surface area contributed by atoms with Crippen LogP contribution in [-0.2, 0) is 9.59 Å². The summed E-state index contributed by atoms with van der Waals surface area (Å²) in [5.41, 5.74) is 1.57. The van der Waals surface area contributed by atoms with Crippen LogP contribution in [0.3, 0.4) is 0 Å². The van der Waals surface area contributed by atoms with Crippen molar-refractivity contribution in [1.82, 2.24) is 0 Å². The van der Waals surface area contributed by atoms with Gasteiger partial charge in [-0.1, -0.05) is 72.8 Å². The van der Waals surface area contributed by atoms with Crippen LogP contribution in [0.15, 0.2) is 95.6 Å². The quantitative estimate of drug-likeness (QED) is 0.205. The number of nitro groups is 1. The van der Waals surface area contributed by atoms with Crippen LogP contribution in [-0.4, -0.2) is 23.0 Å². The fourth-order valence-corrected chi connectivity index (χ4v) is 3.25. The minimum Gasteiger partial charge on any atom is -0.469 e. The first-order chi connectivity index (χ1) is 15.0. The Labute approximate surface area is 179 Å². The molecule has 0 aliphatic carbocycles. The average molecular weight is 415 g/mol. The summed E-state index contributed by atoms with van der Waals surface area (Å²) in [6.45, 7) is -0.603. The van der Waals surface area contributed by atoms with E-state index in [0.29, 0.717) is 0 Å². The molecule has 0 saturated heterocycles. The molecule has 1 heterocycles. The van der Waals surface area contributed by atoms with Gasteiger partial charge < -0.3 is 4.42 Å². The number of carbonyl (C=O) groups excluding carboxylic acids is 2. The summed E-state index contributed by atoms with van der Waals surface area (Å²) in [7, 11) is 0. The lowest BCUT2D eigenvalue weighted by molar-refractivity contribution is -0.484. The average Bonchev–Trinajstić information content (AvgIpc) is 3.32. The summed E-state index contributed by atoms with van der Waals surface area (Å²) in [6.07, 6.45) is 7.14.